The van der Waals surface area contributed by atoms with E-state index in [1.54, 1.807) is 0 Å². The summed E-state index contributed by atoms with van der Waals surface area (Å²) in [5, 5.41) is 2.68. The second-order valence-corrected chi connectivity index (χ2v) is 5.02. The number of rotatable bonds is 4. The van der Waals surface area contributed by atoms with E-state index in [4.69, 9.17) is 5.73 Å². The van der Waals surface area contributed by atoms with Crippen LogP contribution in [0.15, 0.2) is 29.6 Å². The molecule has 1 aromatic heterocycles. The van der Waals surface area contributed by atoms with Gasteiger partial charge in [0.1, 0.15) is 0 Å². The molecule has 0 aliphatic carbocycles. The van der Waals surface area contributed by atoms with Gasteiger partial charge in [0, 0.05) is 31.1 Å². The van der Waals surface area contributed by atoms with Crippen LogP contribution in [0.4, 0.5) is 10.8 Å². The van der Waals surface area contributed by atoms with Gasteiger partial charge in [-0.2, -0.15) is 0 Å². The standard InChI is InChI=1S/C13H17N3S/c1-10-5-3-4-6-12(10)16(2)8-7-11-9-17-13(14)15-11/h3-6,9H,7-8H2,1-2H3,(H2,14,15). The number of thiazole rings is 1. The number of nitrogens with two attached hydrogens (primary N) is 1. The van der Waals surface area contributed by atoms with Crippen LogP contribution in [-0.2, 0) is 6.42 Å². The smallest absolute Gasteiger partial charge is 0.180 e. The SMILES string of the molecule is Cc1ccccc1N(C)CCc1csc(N)n1. The van der Waals surface area contributed by atoms with Gasteiger partial charge in [0.15, 0.2) is 5.13 Å². The van der Waals surface area contributed by atoms with Crippen LogP contribution < -0.4 is 10.6 Å². The second kappa shape index (κ2) is 5.19. The van der Waals surface area contributed by atoms with Crippen LogP contribution in [0.2, 0.25) is 0 Å². The summed E-state index contributed by atoms with van der Waals surface area (Å²) in [5.74, 6) is 0. The molecule has 3 nitrogen and oxygen atoms in total. The van der Waals surface area contributed by atoms with E-state index < -0.39 is 0 Å². The molecule has 1 heterocycles. The largest absolute Gasteiger partial charge is 0.375 e. The van der Waals surface area contributed by atoms with Crippen molar-refractivity contribution in [1.82, 2.24) is 4.98 Å². The Morgan fingerprint density at radius 3 is 2.76 bits per heavy atom. The molecule has 17 heavy (non-hydrogen) atoms. The van der Waals surface area contributed by atoms with Crippen LogP contribution in [-0.4, -0.2) is 18.6 Å². The minimum Gasteiger partial charge on any atom is -0.375 e. The Morgan fingerprint density at radius 2 is 2.12 bits per heavy atom. The number of hydrogen-bond donors (Lipinski definition) is 1. The number of nitrogen functional groups attached to an aromatic ring is 1. The van der Waals surface area contributed by atoms with Crippen molar-refractivity contribution >= 4 is 22.2 Å². The number of aromatic nitrogens is 1. The van der Waals surface area contributed by atoms with Crippen LogP contribution in [0.25, 0.3) is 0 Å². The van der Waals surface area contributed by atoms with Crippen molar-refractivity contribution in [2.75, 3.05) is 24.2 Å². The molecule has 4 heteroatoms. The molecule has 0 amide bonds. The van der Waals surface area contributed by atoms with E-state index in [0.29, 0.717) is 5.13 Å². The first-order chi connectivity index (χ1) is 8.16. The summed E-state index contributed by atoms with van der Waals surface area (Å²) in [5.41, 5.74) is 9.26. The maximum absolute atomic E-state index is 5.61. The monoisotopic (exact) mass is 247 g/mol. The molecule has 0 unspecified atom stereocenters. The average Bonchev–Trinajstić information content (AvgIpc) is 2.73. The maximum atomic E-state index is 5.61. The van der Waals surface area contributed by atoms with Crippen molar-refractivity contribution in [2.45, 2.75) is 13.3 Å². The number of nitrogens with zero attached hydrogens (tertiary/aromatic N) is 2. The Labute approximate surface area is 106 Å². The number of likely N-dealkylation sites (N-methyl/N-ethyl adjacent to an activating group) is 1. The fraction of sp³-hybridized carbons (Fsp3) is 0.308. The van der Waals surface area contributed by atoms with Crippen molar-refractivity contribution < 1.29 is 0 Å². The van der Waals surface area contributed by atoms with Crippen LogP contribution in [0.3, 0.4) is 0 Å². The quantitative estimate of drug-likeness (QED) is 0.903. The third-order valence-electron chi connectivity index (χ3n) is 2.80. The molecule has 0 radical (unpaired) electrons. The highest BCUT2D eigenvalue weighted by Crippen LogP contribution is 2.18. The number of para-hydroxylation sites is 1. The zero-order valence-electron chi connectivity index (χ0n) is 10.2. The first-order valence-corrected chi connectivity index (χ1v) is 6.51. The van der Waals surface area contributed by atoms with Gasteiger partial charge in [0.2, 0.25) is 0 Å². The Morgan fingerprint density at radius 1 is 1.35 bits per heavy atom. The highest BCUT2D eigenvalue weighted by atomic mass is 32.1. The van der Waals surface area contributed by atoms with E-state index in [2.05, 4.69) is 48.1 Å². The van der Waals surface area contributed by atoms with E-state index in [-0.39, 0.29) is 0 Å². The van der Waals surface area contributed by atoms with Crippen LogP contribution in [0.5, 0.6) is 0 Å². The van der Waals surface area contributed by atoms with Gasteiger partial charge < -0.3 is 10.6 Å². The molecule has 2 aromatic rings. The maximum Gasteiger partial charge on any atom is 0.180 e. The van der Waals surface area contributed by atoms with Crippen molar-refractivity contribution in [1.29, 1.82) is 0 Å². The Balaban J connectivity index is 1.98. The van der Waals surface area contributed by atoms with Crippen LogP contribution in [0, 0.1) is 6.92 Å². The molecule has 2 rings (SSSR count). The van der Waals surface area contributed by atoms with E-state index in [9.17, 15) is 0 Å². The number of aryl methyl sites for hydroxylation is 1. The van der Waals surface area contributed by atoms with Crippen LogP contribution in [0.1, 0.15) is 11.3 Å². The molecule has 2 N–H and O–H groups in total. The van der Waals surface area contributed by atoms with Gasteiger partial charge in [-0.15, -0.1) is 11.3 Å². The first kappa shape index (κ1) is 11.9. The lowest BCUT2D eigenvalue weighted by Crippen LogP contribution is -2.21. The highest BCUT2D eigenvalue weighted by Gasteiger charge is 2.05. The molecule has 0 aliphatic heterocycles. The van der Waals surface area contributed by atoms with Crippen molar-refractivity contribution in [3.8, 4) is 0 Å². The molecule has 1 aromatic carbocycles. The summed E-state index contributed by atoms with van der Waals surface area (Å²) in [4.78, 5) is 6.52. The van der Waals surface area contributed by atoms with E-state index >= 15 is 0 Å². The van der Waals surface area contributed by atoms with Gasteiger partial charge >= 0.3 is 0 Å². The average molecular weight is 247 g/mol. The third-order valence-corrected chi connectivity index (χ3v) is 3.52. The molecule has 0 aliphatic rings. The van der Waals surface area contributed by atoms with Crippen molar-refractivity contribution in [2.24, 2.45) is 0 Å². The lowest BCUT2D eigenvalue weighted by molar-refractivity contribution is 0.856. The van der Waals surface area contributed by atoms with Gasteiger partial charge in [-0.3, -0.25) is 0 Å². The molecule has 0 bridgehead atoms. The molecular weight excluding hydrogens is 230 g/mol. The number of benzene rings is 1. The molecule has 0 fully saturated rings. The van der Waals surface area contributed by atoms with E-state index in [0.717, 1.165) is 18.7 Å². The second-order valence-electron chi connectivity index (χ2n) is 4.14. The highest BCUT2D eigenvalue weighted by molar-refractivity contribution is 7.13. The van der Waals surface area contributed by atoms with E-state index in [1.165, 1.54) is 22.6 Å². The summed E-state index contributed by atoms with van der Waals surface area (Å²) in [6.07, 6.45) is 0.929. The van der Waals surface area contributed by atoms with Crippen molar-refractivity contribution in [3.63, 3.8) is 0 Å². The number of hydrogen-bond acceptors (Lipinski definition) is 4. The normalized spacial score (nSPS) is 10.5. The molecule has 90 valence electrons. The van der Waals surface area contributed by atoms with Crippen LogP contribution >= 0.6 is 11.3 Å². The summed E-state index contributed by atoms with van der Waals surface area (Å²) in [6, 6.07) is 8.41. The summed E-state index contributed by atoms with van der Waals surface area (Å²) in [7, 11) is 2.11. The number of anilines is 2. The fourth-order valence-electron chi connectivity index (χ4n) is 1.83. The molecule has 0 atom stereocenters. The zero-order chi connectivity index (χ0) is 12.3. The van der Waals surface area contributed by atoms with Gasteiger partial charge in [-0.05, 0) is 18.6 Å². The predicted octanol–water partition coefficient (Wildman–Crippen LogP) is 2.71. The summed E-state index contributed by atoms with van der Waals surface area (Å²) >= 11 is 1.50. The minimum atomic E-state index is 0.651. The third kappa shape index (κ3) is 2.97. The van der Waals surface area contributed by atoms with Gasteiger partial charge in [0.25, 0.3) is 0 Å². The molecular formula is C13H17N3S. The fourth-order valence-corrected chi connectivity index (χ4v) is 2.43. The summed E-state index contributed by atoms with van der Waals surface area (Å²) < 4.78 is 0. The van der Waals surface area contributed by atoms with Gasteiger partial charge in [-0.1, -0.05) is 18.2 Å². The Hall–Kier alpha value is -1.55. The van der Waals surface area contributed by atoms with E-state index in [1.807, 2.05) is 5.38 Å². The minimum absolute atomic E-state index is 0.651. The van der Waals surface area contributed by atoms with Gasteiger partial charge in [-0.25, -0.2) is 4.98 Å². The Kier molecular flexibility index (Phi) is 3.64. The van der Waals surface area contributed by atoms with Crippen molar-refractivity contribution in [3.05, 3.63) is 40.9 Å². The molecule has 0 saturated heterocycles. The molecule has 0 saturated carbocycles. The molecule has 0 spiro atoms. The Bertz CT molecular complexity index is 493. The topological polar surface area (TPSA) is 42.1 Å². The lowest BCUT2D eigenvalue weighted by Gasteiger charge is -2.20. The zero-order valence-corrected chi connectivity index (χ0v) is 11.0. The lowest BCUT2D eigenvalue weighted by atomic mass is 10.2. The predicted molar refractivity (Wildman–Crippen MR) is 74.7 cm³/mol. The summed E-state index contributed by atoms with van der Waals surface area (Å²) in [6.45, 7) is 3.08. The van der Waals surface area contributed by atoms with Gasteiger partial charge in [0.05, 0.1) is 5.69 Å². The first-order valence-electron chi connectivity index (χ1n) is 5.63.